The Kier molecular flexibility index (Phi) is 3.01. The van der Waals surface area contributed by atoms with E-state index in [2.05, 4.69) is 11.9 Å². The third-order valence-corrected chi connectivity index (χ3v) is 2.10. The Hall–Kier alpha value is -1.38. The maximum absolute atomic E-state index is 10.6. The van der Waals surface area contributed by atoms with Gasteiger partial charge in [-0.15, -0.1) is 0 Å². The standard InChI is InChI=1S/C10H14N2O/c1-3-4-9-7(2)12-5-8(6-13)10(9)11/h5-6H,3-4H2,1-2H3,(H2,11,12). The van der Waals surface area contributed by atoms with Gasteiger partial charge < -0.3 is 5.73 Å². The second kappa shape index (κ2) is 4.03. The zero-order chi connectivity index (χ0) is 9.84. The van der Waals surface area contributed by atoms with Crippen molar-refractivity contribution in [3.05, 3.63) is 23.0 Å². The number of hydrogen-bond acceptors (Lipinski definition) is 3. The molecule has 0 bridgehead atoms. The second-order valence-corrected chi connectivity index (χ2v) is 3.06. The molecule has 0 saturated heterocycles. The van der Waals surface area contributed by atoms with Crippen LogP contribution in [0.4, 0.5) is 5.69 Å². The molecule has 0 unspecified atom stereocenters. The summed E-state index contributed by atoms with van der Waals surface area (Å²) in [5.41, 5.74) is 8.82. The molecule has 1 heterocycles. The zero-order valence-corrected chi connectivity index (χ0v) is 8.00. The van der Waals surface area contributed by atoms with Gasteiger partial charge in [0.2, 0.25) is 0 Å². The minimum Gasteiger partial charge on any atom is -0.398 e. The normalized spacial score (nSPS) is 10.0. The van der Waals surface area contributed by atoms with Gasteiger partial charge in [0.25, 0.3) is 0 Å². The first-order valence-electron chi connectivity index (χ1n) is 4.39. The van der Waals surface area contributed by atoms with Gasteiger partial charge in [0.05, 0.1) is 5.56 Å². The number of nitrogen functional groups attached to an aromatic ring is 1. The van der Waals surface area contributed by atoms with Crippen LogP contribution < -0.4 is 5.73 Å². The number of anilines is 1. The molecule has 0 saturated carbocycles. The average Bonchev–Trinajstić information content (AvgIpc) is 2.12. The predicted molar refractivity (Wildman–Crippen MR) is 52.8 cm³/mol. The fourth-order valence-corrected chi connectivity index (χ4v) is 1.34. The Morgan fingerprint density at radius 2 is 2.31 bits per heavy atom. The van der Waals surface area contributed by atoms with Crippen LogP contribution in [0.25, 0.3) is 0 Å². The molecule has 1 aromatic heterocycles. The minimum absolute atomic E-state index is 0.494. The summed E-state index contributed by atoms with van der Waals surface area (Å²) in [6.07, 6.45) is 4.17. The van der Waals surface area contributed by atoms with Crippen LogP contribution in [0, 0.1) is 6.92 Å². The lowest BCUT2D eigenvalue weighted by Gasteiger charge is -2.08. The van der Waals surface area contributed by atoms with Gasteiger partial charge in [-0.1, -0.05) is 13.3 Å². The molecule has 1 rings (SSSR count). The first kappa shape index (κ1) is 9.71. The highest BCUT2D eigenvalue weighted by molar-refractivity contribution is 5.84. The van der Waals surface area contributed by atoms with Crippen molar-refractivity contribution in [3.63, 3.8) is 0 Å². The fourth-order valence-electron chi connectivity index (χ4n) is 1.34. The third-order valence-electron chi connectivity index (χ3n) is 2.10. The molecule has 2 N–H and O–H groups in total. The molecule has 0 aliphatic heterocycles. The SMILES string of the molecule is CCCc1c(C)ncc(C=O)c1N. The minimum atomic E-state index is 0.494. The van der Waals surface area contributed by atoms with E-state index in [0.29, 0.717) is 11.3 Å². The Labute approximate surface area is 78.0 Å². The van der Waals surface area contributed by atoms with Gasteiger partial charge in [-0.25, -0.2) is 0 Å². The number of nitrogens with zero attached hydrogens (tertiary/aromatic N) is 1. The van der Waals surface area contributed by atoms with Crippen LogP contribution in [0.1, 0.15) is 35.0 Å². The molecule has 3 heteroatoms. The van der Waals surface area contributed by atoms with E-state index in [1.807, 2.05) is 6.92 Å². The summed E-state index contributed by atoms with van der Waals surface area (Å²) in [5.74, 6) is 0. The average molecular weight is 178 g/mol. The molecule has 70 valence electrons. The van der Waals surface area contributed by atoms with E-state index < -0.39 is 0 Å². The lowest BCUT2D eigenvalue weighted by Crippen LogP contribution is -2.03. The summed E-state index contributed by atoms with van der Waals surface area (Å²) in [4.78, 5) is 14.7. The number of carbonyl (C=O) groups excluding carboxylic acids is 1. The molecule has 1 aromatic rings. The van der Waals surface area contributed by atoms with Gasteiger partial charge >= 0.3 is 0 Å². The summed E-state index contributed by atoms with van der Waals surface area (Å²) in [6, 6.07) is 0. The highest BCUT2D eigenvalue weighted by atomic mass is 16.1. The Bertz CT molecular complexity index is 321. The molecule has 0 aliphatic rings. The van der Waals surface area contributed by atoms with Crippen LogP contribution in [0.15, 0.2) is 6.20 Å². The van der Waals surface area contributed by atoms with Gasteiger partial charge in [-0.3, -0.25) is 9.78 Å². The summed E-state index contributed by atoms with van der Waals surface area (Å²) in [7, 11) is 0. The molecule has 13 heavy (non-hydrogen) atoms. The predicted octanol–water partition coefficient (Wildman–Crippen LogP) is 1.74. The molecule has 3 nitrogen and oxygen atoms in total. The molecular weight excluding hydrogens is 164 g/mol. The van der Waals surface area contributed by atoms with Crippen molar-refractivity contribution in [1.29, 1.82) is 0 Å². The van der Waals surface area contributed by atoms with Gasteiger partial charge in [0, 0.05) is 17.6 Å². The van der Waals surface area contributed by atoms with E-state index in [4.69, 9.17) is 5.73 Å². The second-order valence-electron chi connectivity index (χ2n) is 3.06. The number of aryl methyl sites for hydroxylation is 1. The molecule has 0 amide bonds. The molecule has 0 radical (unpaired) electrons. The monoisotopic (exact) mass is 178 g/mol. The first-order valence-corrected chi connectivity index (χ1v) is 4.39. The van der Waals surface area contributed by atoms with Crippen molar-refractivity contribution < 1.29 is 4.79 Å². The van der Waals surface area contributed by atoms with Crippen molar-refractivity contribution in [2.45, 2.75) is 26.7 Å². The number of pyridine rings is 1. The Balaban J connectivity index is 3.21. The van der Waals surface area contributed by atoms with Crippen LogP contribution in [0.5, 0.6) is 0 Å². The first-order chi connectivity index (χ1) is 6.20. The van der Waals surface area contributed by atoms with Crippen LogP contribution in [0.3, 0.4) is 0 Å². The number of aldehydes is 1. The molecule has 0 aromatic carbocycles. The number of carbonyl (C=O) groups is 1. The largest absolute Gasteiger partial charge is 0.398 e. The van der Waals surface area contributed by atoms with E-state index in [9.17, 15) is 4.79 Å². The van der Waals surface area contributed by atoms with E-state index in [0.717, 1.165) is 30.4 Å². The highest BCUT2D eigenvalue weighted by Crippen LogP contribution is 2.19. The van der Waals surface area contributed by atoms with Gasteiger partial charge in [0.15, 0.2) is 6.29 Å². The van der Waals surface area contributed by atoms with Crippen LogP contribution in [-0.2, 0) is 6.42 Å². The van der Waals surface area contributed by atoms with Crippen LogP contribution in [0.2, 0.25) is 0 Å². The lowest BCUT2D eigenvalue weighted by atomic mass is 10.0. The highest BCUT2D eigenvalue weighted by Gasteiger charge is 2.07. The summed E-state index contributed by atoms with van der Waals surface area (Å²) in [6.45, 7) is 3.99. The maximum atomic E-state index is 10.6. The maximum Gasteiger partial charge on any atom is 0.153 e. The Morgan fingerprint density at radius 3 is 2.85 bits per heavy atom. The zero-order valence-electron chi connectivity index (χ0n) is 8.00. The Morgan fingerprint density at radius 1 is 1.62 bits per heavy atom. The van der Waals surface area contributed by atoms with Crippen LogP contribution in [-0.4, -0.2) is 11.3 Å². The van der Waals surface area contributed by atoms with E-state index in [-0.39, 0.29) is 0 Å². The number of nitrogens with two attached hydrogens (primary N) is 1. The quantitative estimate of drug-likeness (QED) is 0.717. The number of aromatic nitrogens is 1. The van der Waals surface area contributed by atoms with Gasteiger partial charge in [0.1, 0.15) is 0 Å². The van der Waals surface area contributed by atoms with E-state index in [1.165, 1.54) is 6.20 Å². The van der Waals surface area contributed by atoms with Crippen molar-refractivity contribution >= 4 is 12.0 Å². The summed E-state index contributed by atoms with van der Waals surface area (Å²) < 4.78 is 0. The van der Waals surface area contributed by atoms with Crippen LogP contribution >= 0.6 is 0 Å². The topological polar surface area (TPSA) is 56.0 Å². The number of hydrogen-bond donors (Lipinski definition) is 1. The smallest absolute Gasteiger partial charge is 0.153 e. The molecule has 0 fully saturated rings. The van der Waals surface area contributed by atoms with Crippen molar-refractivity contribution in [1.82, 2.24) is 4.98 Å². The van der Waals surface area contributed by atoms with Crippen molar-refractivity contribution in [3.8, 4) is 0 Å². The van der Waals surface area contributed by atoms with Gasteiger partial charge in [-0.05, 0) is 18.9 Å². The summed E-state index contributed by atoms with van der Waals surface area (Å²) >= 11 is 0. The van der Waals surface area contributed by atoms with E-state index in [1.54, 1.807) is 0 Å². The van der Waals surface area contributed by atoms with Crippen molar-refractivity contribution in [2.75, 3.05) is 5.73 Å². The number of rotatable bonds is 3. The summed E-state index contributed by atoms with van der Waals surface area (Å²) in [5, 5.41) is 0. The molecule has 0 atom stereocenters. The molecule has 0 aliphatic carbocycles. The molecule has 0 spiro atoms. The van der Waals surface area contributed by atoms with Gasteiger partial charge in [-0.2, -0.15) is 0 Å². The van der Waals surface area contributed by atoms with E-state index >= 15 is 0 Å². The fraction of sp³-hybridized carbons (Fsp3) is 0.400. The lowest BCUT2D eigenvalue weighted by molar-refractivity contribution is 0.112. The van der Waals surface area contributed by atoms with Crippen molar-refractivity contribution in [2.24, 2.45) is 0 Å². The molecular formula is C10H14N2O. The third kappa shape index (κ3) is 1.86.